The van der Waals surface area contributed by atoms with Gasteiger partial charge in [-0.1, -0.05) is 48.3 Å². The van der Waals surface area contributed by atoms with E-state index in [1.165, 1.54) is 11.3 Å². The molecule has 1 aromatic carbocycles. The van der Waals surface area contributed by atoms with Crippen LogP contribution in [-0.2, 0) is 0 Å². The normalized spacial score (nSPS) is 12.4. The first-order valence-electron chi connectivity index (χ1n) is 6.51. The van der Waals surface area contributed by atoms with Crippen LogP contribution in [0.25, 0.3) is 0 Å². The third-order valence-corrected chi connectivity index (χ3v) is 4.49. The maximum atomic E-state index is 6.28. The Morgan fingerprint density at radius 3 is 2.60 bits per heavy atom. The van der Waals surface area contributed by atoms with Gasteiger partial charge in [-0.25, -0.2) is 0 Å². The van der Waals surface area contributed by atoms with Crippen LogP contribution in [0.15, 0.2) is 30.3 Å². The first-order valence-corrected chi connectivity index (χ1v) is 8.08. The van der Waals surface area contributed by atoms with Gasteiger partial charge < -0.3 is 10.1 Å². The highest BCUT2D eigenvalue weighted by Crippen LogP contribution is 2.39. The molecular formula is C15H17Cl2NOS. The van der Waals surface area contributed by atoms with Crippen molar-refractivity contribution in [3.8, 4) is 5.75 Å². The average Bonchev–Trinajstić information content (AvgIpc) is 2.77. The number of hydrogen-bond acceptors (Lipinski definition) is 3. The summed E-state index contributed by atoms with van der Waals surface area (Å²) in [6, 6.07) is 9.89. The molecule has 2 rings (SSSR count). The SMILES string of the molecule is CCCOc1ccccc1C(NC)c1cc(Cl)sc1Cl. The second kappa shape index (κ2) is 7.32. The summed E-state index contributed by atoms with van der Waals surface area (Å²) in [5.74, 6) is 0.882. The predicted octanol–water partition coefficient (Wildman–Crippen LogP) is 5.15. The fourth-order valence-electron chi connectivity index (χ4n) is 2.09. The minimum Gasteiger partial charge on any atom is -0.493 e. The first kappa shape index (κ1) is 15.6. The molecular weight excluding hydrogens is 313 g/mol. The monoisotopic (exact) mass is 329 g/mol. The van der Waals surface area contributed by atoms with E-state index in [9.17, 15) is 0 Å². The topological polar surface area (TPSA) is 21.3 Å². The zero-order valence-corrected chi connectivity index (χ0v) is 13.8. The van der Waals surface area contributed by atoms with Crippen molar-refractivity contribution in [1.29, 1.82) is 0 Å². The van der Waals surface area contributed by atoms with Gasteiger partial charge in [-0.15, -0.1) is 11.3 Å². The van der Waals surface area contributed by atoms with Gasteiger partial charge in [0, 0.05) is 11.1 Å². The van der Waals surface area contributed by atoms with Crippen LogP contribution in [0.5, 0.6) is 5.75 Å². The fourth-order valence-corrected chi connectivity index (χ4v) is 3.62. The van der Waals surface area contributed by atoms with Gasteiger partial charge >= 0.3 is 0 Å². The van der Waals surface area contributed by atoms with Gasteiger partial charge in [-0.2, -0.15) is 0 Å². The highest BCUT2D eigenvalue weighted by molar-refractivity contribution is 7.20. The molecule has 0 aliphatic rings. The Morgan fingerprint density at radius 1 is 1.25 bits per heavy atom. The molecule has 20 heavy (non-hydrogen) atoms. The van der Waals surface area contributed by atoms with Crippen molar-refractivity contribution in [2.45, 2.75) is 19.4 Å². The van der Waals surface area contributed by atoms with Gasteiger partial charge in [0.15, 0.2) is 0 Å². The molecule has 0 aliphatic heterocycles. The lowest BCUT2D eigenvalue weighted by atomic mass is 10.0. The number of thiophene rings is 1. The van der Waals surface area contributed by atoms with Crippen LogP contribution >= 0.6 is 34.5 Å². The van der Waals surface area contributed by atoms with E-state index < -0.39 is 0 Å². The summed E-state index contributed by atoms with van der Waals surface area (Å²) in [6.07, 6.45) is 0.976. The van der Waals surface area contributed by atoms with Crippen LogP contribution in [0.2, 0.25) is 8.67 Å². The van der Waals surface area contributed by atoms with Crippen molar-refractivity contribution >= 4 is 34.5 Å². The largest absolute Gasteiger partial charge is 0.493 e. The van der Waals surface area contributed by atoms with Crippen molar-refractivity contribution in [2.24, 2.45) is 0 Å². The Kier molecular flexibility index (Phi) is 5.73. The molecule has 0 amide bonds. The second-order valence-corrected chi connectivity index (χ2v) is 6.67. The van der Waals surface area contributed by atoms with Crippen molar-refractivity contribution in [1.82, 2.24) is 5.32 Å². The van der Waals surface area contributed by atoms with E-state index in [1.807, 2.05) is 37.4 Å². The fraction of sp³-hybridized carbons (Fsp3) is 0.333. The maximum absolute atomic E-state index is 6.28. The molecule has 0 aliphatic carbocycles. The lowest BCUT2D eigenvalue weighted by molar-refractivity contribution is 0.312. The second-order valence-electron chi connectivity index (χ2n) is 4.39. The third-order valence-electron chi connectivity index (χ3n) is 2.97. The van der Waals surface area contributed by atoms with E-state index >= 15 is 0 Å². The Bertz CT molecular complexity index is 571. The van der Waals surface area contributed by atoms with Crippen LogP contribution < -0.4 is 10.1 Å². The Labute approximate surface area is 133 Å². The average molecular weight is 330 g/mol. The van der Waals surface area contributed by atoms with Crippen molar-refractivity contribution < 1.29 is 4.74 Å². The van der Waals surface area contributed by atoms with E-state index in [4.69, 9.17) is 27.9 Å². The summed E-state index contributed by atoms with van der Waals surface area (Å²) in [7, 11) is 1.91. The highest BCUT2D eigenvalue weighted by Gasteiger charge is 2.21. The molecule has 1 atom stereocenters. The molecule has 0 radical (unpaired) electrons. The summed E-state index contributed by atoms with van der Waals surface area (Å²) >= 11 is 13.7. The lowest BCUT2D eigenvalue weighted by Gasteiger charge is -2.20. The molecule has 1 unspecified atom stereocenters. The summed E-state index contributed by atoms with van der Waals surface area (Å²) in [4.78, 5) is 0. The van der Waals surface area contributed by atoms with E-state index in [0.29, 0.717) is 15.3 Å². The Hall–Kier alpha value is -0.740. The molecule has 1 N–H and O–H groups in total. The Morgan fingerprint density at radius 2 is 2.00 bits per heavy atom. The van der Waals surface area contributed by atoms with Crippen LogP contribution in [0, 0.1) is 0 Å². The van der Waals surface area contributed by atoms with E-state index in [-0.39, 0.29) is 6.04 Å². The van der Waals surface area contributed by atoms with Gasteiger partial charge in [0.1, 0.15) is 5.75 Å². The number of ether oxygens (including phenoxy) is 1. The summed E-state index contributed by atoms with van der Waals surface area (Å²) in [5, 5.41) is 3.29. The molecule has 0 saturated heterocycles. The van der Waals surface area contributed by atoms with Crippen LogP contribution in [0.4, 0.5) is 0 Å². The molecule has 5 heteroatoms. The molecule has 0 spiro atoms. The minimum atomic E-state index is -0.0284. The molecule has 2 nitrogen and oxygen atoms in total. The molecule has 2 aromatic rings. The quantitative estimate of drug-likeness (QED) is 0.790. The van der Waals surface area contributed by atoms with Crippen molar-refractivity contribution in [2.75, 3.05) is 13.7 Å². The van der Waals surface area contributed by atoms with Crippen LogP contribution in [0.1, 0.15) is 30.5 Å². The highest BCUT2D eigenvalue weighted by atomic mass is 35.5. The number of para-hydroxylation sites is 1. The first-order chi connectivity index (χ1) is 9.67. The Balaban J connectivity index is 2.39. The van der Waals surface area contributed by atoms with E-state index in [1.54, 1.807) is 0 Å². The lowest BCUT2D eigenvalue weighted by Crippen LogP contribution is -2.18. The molecule has 108 valence electrons. The third kappa shape index (κ3) is 3.47. The van der Waals surface area contributed by atoms with Gasteiger partial charge in [0.2, 0.25) is 0 Å². The molecule has 0 saturated carbocycles. The van der Waals surface area contributed by atoms with Gasteiger partial charge in [0.25, 0.3) is 0 Å². The molecule has 0 bridgehead atoms. The van der Waals surface area contributed by atoms with Gasteiger partial charge in [-0.3, -0.25) is 0 Å². The summed E-state index contributed by atoms with van der Waals surface area (Å²) in [6.45, 7) is 2.79. The van der Waals surface area contributed by atoms with E-state index in [2.05, 4.69) is 12.2 Å². The smallest absolute Gasteiger partial charge is 0.124 e. The standard InChI is InChI=1S/C15H17Cl2NOS/c1-3-8-19-12-7-5-4-6-10(12)14(18-2)11-9-13(16)20-15(11)17/h4-7,9,14,18H,3,8H2,1-2H3. The number of hydrogen-bond donors (Lipinski definition) is 1. The number of rotatable bonds is 6. The van der Waals surface area contributed by atoms with Crippen LogP contribution in [0.3, 0.4) is 0 Å². The number of halogens is 2. The maximum Gasteiger partial charge on any atom is 0.124 e. The van der Waals surface area contributed by atoms with Crippen LogP contribution in [-0.4, -0.2) is 13.7 Å². The van der Waals surface area contributed by atoms with Gasteiger partial charge in [-0.05, 0) is 25.6 Å². The summed E-state index contributed by atoms with van der Waals surface area (Å²) < 4.78 is 7.22. The van der Waals surface area contributed by atoms with Gasteiger partial charge in [0.05, 0.1) is 21.3 Å². The molecule has 0 fully saturated rings. The van der Waals surface area contributed by atoms with E-state index in [0.717, 1.165) is 23.3 Å². The minimum absolute atomic E-state index is 0.0284. The number of nitrogens with one attached hydrogen (secondary N) is 1. The zero-order chi connectivity index (χ0) is 14.5. The summed E-state index contributed by atoms with van der Waals surface area (Å²) in [5.41, 5.74) is 2.05. The zero-order valence-electron chi connectivity index (χ0n) is 11.5. The molecule has 1 aromatic heterocycles. The molecule has 1 heterocycles. The van der Waals surface area contributed by atoms with Crippen molar-refractivity contribution in [3.05, 3.63) is 50.1 Å². The predicted molar refractivity (Wildman–Crippen MR) is 87.5 cm³/mol. The number of benzene rings is 1. The van der Waals surface area contributed by atoms with Crippen molar-refractivity contribution in [3.63, 3.8) is 0 Å².